The van der Waals surface area contributed by atoms with Crippen molar-refractivity contribution >= 4 is 11.9 Å². The number of nitrogens with zero attached hydrogens (tertiary/aromatic N) is 1. The number of ether oxygens (including phenoxy) is 1. The summed E-state index contributed by atoms with van der Waals surface area (Å²) in [7, 11) is 0. The molecule has 1 fully saturated rings. The van der Waals surface area contributed by atoms with E-state index in [1.54, 1.807) is 4.90 Å². The predicted molar refractivity (Wildman–Crippen MR) is 81.7 cm³/mol. The second-order valence-corrected chi connectivity index (χ2v) is 5.34. The number of carbonyl (C=O) groups is 2. The first-order chi connectivity index (χ1) is 10.7. The van der Waals surface area contributed by atoms with Gasteiger partial charge >= 0.3 is 5.97 Å². The van der Waals surface area contributed by atoms with Gasteiger partial charge < -0.3 is 9.64 Å². The number of esters is 1. The minimum atomic E-state index is -0.719. The van der Waals surface area contributed by atoms with Gasteiger partial charge in [-0.2, -0.15) is 0 Å². The van der Waals surface area contributed by atoms with E-state index in [2.05, 4.69) is 0 Å². The molecule has 0 aliphatic carbocycles. The summed E-state index contributed by atoms with van der Waals surface area (Å²) in [4.78, 5) is 25.3. The highest BCUT2D eigenvalue weighted by Crippen LogP contribution is 2.38. The summed E-state index contributed by atoms with van der Waals surface area (Å²) in [5, 5.41) is 0. The number of likely N-dealkylation sites (tertiary alicyclic amines) is 1. The van der Waals surface area contributed by atoms with E-state index < -0.39 is 12.1 Å². The Hall–Kier alpha value is -2.62. The molecule has 1 saturated heterocycles. The summed E-state index contributed by atoms with van der Waals surface area (Å²) >= 11 is 0. The minimum Gasteiger partial charge on any atom is -0.450 e. The molecule has 0 bridgehead atoms. The number of amides is 1. The van der Waals surface area contributed by atoms with Crippen molar-refractivity contribution in [3.63, 3.8) is 0 Å². The Labute approximate surface area is 129 Å². The van der Waals surface area contributed by atoms with Crippen LogP contribution in [-0.2, 0) is 20.9 Å². The van der Waals surface area contributed by atoms with Crippen LogP contribution < -0.4 is 0 Å². The summed E-state index contributed by atoms with van der Waals surface area (Å²) in [5.74, 6) is -0.577. The van der Waals surface area contributed by atoms with Crippen LogP contribution in [0.1, 0.15) is 24.1 Å². The van der Waals surface area contributed by atoms with Crippen molar-refractivity contribution in [2.24, 2.45) is 0 Å². The molecule has 3 rings (SSSR count). The lowest BCUT2D eigenvalue weighted by Crippen LogP contribution is -2.59. The van der Waals surface area contributed by atoms with Gasteiger partial charge in [-0.1, -0.05) is 60.7 Å². The predicted octanol–water partition coefficient (Wildman–Crippen LogP) is 2.70. The number of hydrogen-bond donors (Lipinski definition) is 0. The second kappa shape index (κ2) is 6.02. The average molecular weight is 295 g/mol. The molecule has 112 valence electrons. The maximum Gasteiger partial charge on any atom is 0.303 e. The van der Waals surface area contributed by atoms with Gasteiger partial charge in [-0.05, 0) is 11.1 Å². The highest BCUT2D eigenvalue weighted by atomic mass is 16.6. The third-order valence-corrected chi connectivity index (χ3v) is 3.78. The summed E-state index contributed by atoms with van der Waals surface area (Å²) in [6, 6.07) is 19.2. The average Bonchev–Trinajstić information content (AvgIpc) is 2.55. The first-order valence-electron chi connectivity index (χ1n) is 7.23. The molecule has 0 radical (unpaired) electrons. The molecule has 1 heterocycles. The third kappa shape index (κ3) is 2.72. The molecule has 0 spiro atoms. The molecule has 1 aliphatic rings. The maximum absolute atomic E-state index is 12.3. The largest absolute Gasteiger partial charge is 0.450 e. The van der Waals surface area contributed by atoms with Gasteiger partial charge in [-0.3, -0.25) is 9.59 Å². The van der Waals surface area contributed by atoms with E-state index in [9.17, 15) is 9.59 Å². The Bertz CT molecular complexity index is 669. The van der Waals surface area contributed by atoms with Crippen LogP contribution in [-0.4, -0.2) is 22.9 Å². The van der Waals surface area contributed by atoms with Crippen LogP contribution in [0.2, 0.25) is 0 Å². The van der Waals surface area contributed by atoms with Gasteiger partial charge in [0.25, 0.3) is 5.91 Å². The molecule has 1 amide bonds. The van der Waals surface area contributed by atoms with Gasteiger partial charge in [0.15, 0.2) is 0 Å². The molecule has 0 aromatic heterocycles. The SMILES string of the molecule is CC(=O)O[C@H]1C(=O)N(Cc2ccccc2)[C@@H]1c1ccccc1. The normalized spacial score (nSPS) is 20.4. The van der Waals surface area contributed by atoms with Crippen LogP contribution in [0.5, 0.6) is 0 Å². The van der Waals surface area contributed by atoms with Crippen LogP contribution in [0.3, 0.4) is 0 Å². The van der Waals surface area contributed by atoms with Crippen molar-refractivity contribution in [1.82, 2.24) is 4.90 Å². The maximum atomic E-state index is 12.3. The number of rotatable bonds is 4. The minimum absolute atomic E-state index is 0.145. The monoisotopic (exact) mass is 295 g/mol. The Balaban J connectivity index is 1.85. The van der Waals surface area contributed by atoms with Gasteiger partial charge in [-0.25, -0.2) is 0 Å². The van der Waals surface area contributed by atoms with E-state index in [4.69, 9.17) is 4.74 Å². The van der Waals surface area contributed by atoms with Crippen LogP contribution in [0.15, 0.2) is 60.7 Å². The van der Waals surface area contributed by atoms with Crippen LogP contribution in [0.25, 0.3) is 0 Å². The van der Waals surface area contributed by atoms with E-state index >= 15 is 0 Å². The van der Waals surface area contributed by atoms with Gasteiger partial charge in [0.05, 0.1) is 0 Å². The quantitative estimate of drug-likeness (QED) is 0.643. The highest BCUT2D eigenvalue weighted by molar-refractivity contribution is 5.90. The molecule has 0 N–H and O–H groups in total. The highest BCUT2D eigenvalue weighted by Gasteiger charge is 2.50. The van der Waals surface area contributed by atoms with E-state index in [1.165, 1.54) is 6.92 Å². The molecular formula is C18H17NO3. The first kappa shape index (κ1) is 14.3. The third-order valence-electron chi connectivity index (χ3n) is 3.78. The fourth-order valence-electron chi connectivity index (χ4n) is 2.77. The molecule has 22 heavy (non-hydrogen) atoms. The molecule has 2 aromatic carbocycles. The van der Waals surface area contributed by atoms with E-state index in [0.717, 1.165) is 11.1 Å². The fourth-order valence-corrected chi connectivity index (χ4v) is 2.77. The topological polar surface area (TPSA) is 46.6 Å². The van der Waals surface area contributed by atoms with Gasteiger partial charge in [0.2, 0.25) is 6.10 Å². The number of hydrogen-bond acceptors (Lipinski definition) is 3. The van der Waals surface area contributed by atoms with Gasteiger partial charge in [0.1, 0.15) is 6.04 Å². The van der Waals surface area contributed by atoms with Crippen LogP contribution in [0.4, 0.5) is 0 Å². The number of benzene rings is 2. The standard InChI is InChI=1S/C18H17NO3/c1-13(20)22-17-16(15-10-6-3-7-11-15)19(18(17)21)12-14-8-4-2-5-9-14/h2-11,16-17H,12H2,1H3/t16-,17-/m1/s1. The van der Waals surface area contributed by atoms with Gasteiger partial charge in [0, 0.05) is 13.5 Å². The molecular weight excluding hydrogens is 278 g/mol. The van der Waals surface area contributed by atoms with Crippen LogP contribution in [0, 0.1) is 0 Å². The zero-order chi connectivity index (χ0) is 15.5. The van der Waals surface area contributed by atoms with E-state index in [1.807, 2.05) is 60.7 Å². The first-order valence-corrected chi connectivity index (χ1v) is 7.23. The number of carbonyl (C=O) groups excluding carboxylic acids is 2. The molecule has 2 atom stereocenters. The lowest BCUT2D eigenvalue weighted by atomic mass is 9.90. The van der Waals surface area contributed by atoms with Crippen molar-refractivity contribution in [2.75, 3.05) is 0 Å². The summed E-state index contributed by atoms with van der Waals surface area (Å²) < 4.78 is 5.20. The lowest BCUT2D eigenvalue weighted by Gasteiger charge is -2.46. The Kier molecular flexibility index (Phi) is 3.92. The smallest absolute Gasteiger partial charge is 0.303 e. The second-order valence-electron chi connectivity index (χ2n) is 5.34. The zero-order valence-corrected chi connectivity index (χ0v) is 12.3. The molecule has 1 aliphatic heterocycles. The van der Waals surface area contributed by atoms with Crippen molar-refractivity contribution in [3.8, 4) is 0 Å². The Morgan fingerprint density at radius 2 is 1.64 bits per heavy atom. The number of β-lactam (4-membered cyclic amide) rings is 1. The summed E-state index contributed by atoms with van der Waals surface area (Å²) in [6.45, 7) is 1.84. The summed E-state index contributed by atoms with van der Waals surface area (Å²) in [5.41, 5.74) is 2.03. The fraction of sp³-hybridized carbons (Fsp3) is 0.222. The zero-order valence-electron chi connectivity index (χ0n) is 12.3. The van der Waals surface area contributed by atoms with Crippen molar-refractivity contribution in [2.45, 2.75) is 25.6 Å². The van der Waals surface area contributed by atoms with Crippen molar-refractivity contribution in [3.05, 3.63) is 71.8 Å². The lowest BCUT2D eigenvalue weighted by molar-refractivity contribution is -0.183. The van der Waals surface area contributed by atoms with Gasteiger partial charge in [-0.15, -0.1) is 0 Å². The van der Waals surface area contributed by atoms with E-state index in [-0.39, 0.29) is 11.9 Å². The molecule has 4 nitrogen and oxygen atoms in total. The molecule has 2 aromatic rings. The van der Waals surface area contributed by atoms with Crippen molar-refractivity contribution in [1.29, 1.82) is 0 Å². The van der Waals surface area contributed by atoms with Crippen molar-refractivity contribution < 1.29 is 14.3 Å². The molecule has 0 saturated carbocycles. The Morgan fingerprint density at radius 1 is 1.05 bits per heavy atom. The molecule has 0 unspecified atom stereocenters. The molecule has 4 heteroatoms. The summed E-state index contributed by atoms with van der Waals surface area (Å²) in [6.07, 6.45) is -0.719. The Morgan fingerprint density at radius 3 is 2.23 bits per heavy atom. The van der Waals surface area contributed by atoms with Crippen LogP contribution >= 0.6 is 0 Å². The van der Waals surface area contributed by atoms with E-state index in [0.29, 0.717) is 6.54 Å².